The minimum absolute atomic E-state index is 0.167. The molecule has 0 saturated heterocycles. The molecule has 1 saturated carbocycles. The summed E-state index contributed by atoms with van der Waals surface area (Å²) in [6.45, 7) is 3.24. The van der Waals surface area contributed by atoms with Crippen molar-refractivity contribution in [3.05, 3.63) is 29.1 Å². The van der Waals surface area contributed by atoms with Crippen LogP contribution in [0.1, 0.15) is 36.8 Å². The average Bonchev–Trinajstić information content (AvgIpc) is 2.36. The molecule has 2 unspecified atom stereocenters. The van der Waals surface area contributed by atoms with Crippen LogP contribution in [-0.2, 0) is 10.0 Å². The summed E-state index contributed by atoms with van der Waals surface area (Å²) >= 11 is 6.31. The smallest absolute Gasteiger partial charge is 0.207 e. The molecule has 1 aromatic carbocycles. The summed E-state index contributed by atoms with van der Waals surface area (Å²) in [4.78, 5) is 0.195. The minimum atomic E-state index is -3.67. The zero-order valence-electron chi connectivity index (χ0n) is 12.6. The van der Waals surface area contributed by atoms with Crippen molar-refractivity contribution in [3.8, 4) is 0 Å². The molecule has 0 N–H and O–H groups in total. The third-order valence-electron chi connectivity index (χ3n) is 4.18. The van der Waals surface area contributed by atoms with Gasteiger partial charge in [0.15, 0.2) is 0 Å². The molecule has 0 heterocycles. The lowest BCUT2D eigenvalue weighted by Gasteiger charge is -2.34. The molecule has 0 aromatic heterocycles. The van der Waals surface area contributed by atoms with Crippen LogP contribution in [-0.4, -0.2) is 31.2 Å². The van der Waals surface area contributed by atoms with Gasteiger partial charge in [0.05, 0.1) is 10.3 Å². The number of hydrogen-bond acceptors (Lipinski definition) is 2. The van der Waals surface area contributed by atoms with Crippen molar-refractivity contribution >= 4 is 21.6 Å². The Balaban J connectivity index is 2.42. The molecule has 0 amide bonds. The second-order valence-electron chi connectivity index (χ2n) is 5.76. The average molecular weight is 334 g/mol. The predicted octanol–water partition coefficient (Wildman–Crippen LogP) is 3.61. The maximum Gasteiger partial charge on any atom is 0.243 e. The van der Waals surface area contributed by atoms with Gasteiger partial charge in [-0.3, -0.25) is 0 Å². The molecule has 3 nitrogen and oxygen atoms in total. The summed E-state index contributed by atoms with van der Waals surface area (Å²) in [5.74, 6) is -0.417. The van der Waals surface area contributed by atoms with Crippen molar-refractivity contribution < 1.29 is 12.8 Å². The molecule has 6 heteroatoms. The fourth-order valence-corrected chi connectivity index (χ4v) is 5.45. The number of hydrogen-bond donors (Lipinski definition) is 0. The molecule has 0 aliphatic heterocycles. The van der Waals surface area contributed by atoms with Gasteiger partial charge in [-0.1, -0.05) is 12.8 Å². The lowest BCUT2D eigenvalue weighted by molar-refractivity contribution is 0.290. The van der Waals surface area contributed by atoms with Crippen LogP contribution >= 0.6 is 11.6 Å². The Kier molecular flexibility index (Phi) is 4.96. The van der Waals surface area contributed by atoms with Crippen molar-refractivity contribution in [2.45, 2.75) is 55.8 Å². The molecule has 118 valence electrons. The SMILES string of the molecule is Cc1cc(F)cc(C)c1S(=O)(=O)N(C)C1CCCCC1Cl. The van der Waals surface area contributed by atoms with Crippen molar-refractivity contribution in [1.82, 2.24) is 4.31 Å². The molecular formula is C15H21ClFNO2S. The van der Waals surface area contributed by atoms with Gasteiger partial charge in [0.25, 0.3) is 0 Å². The topological polar surface area (TPSA) is 37.4 Å². The highest BCUT2D eigenvalue weighted by Gasteiger charge is 2.35. The standard InChI is InChI=1S/C15H21ClFNO2S/c1-10-8-12(17)9-11(2)15(10)21(19,20)18(3)14-7-5-4-6-13(14)16/h8-9,13-14H,4-7H2,1-3H3. The first-order valence-corrected chi connectivity index (χ1v) is 9.01. The van der Waals surface area contributed by atoms with Crippen LogP contribution < -0.4 is 0 Å². The van der Waals surface area contributed by atoms with Crippen LogP contribution in [0.15, 0.2) is 17.0 Å². The lowest BCUT2D eigenvalue weighted by Crippen LogP contribution is -2.44. The van der Waals surface area contributed by atoms with E-state index in [0.29, 0.717) is 11.1 Å². The van der Waals surface area contributed by atoms with Crippen molar-refractivity contribution in [2.24, 2.45) is 0 Å². The molecule has 2 atom stereocenters. The Morgan fingerprint density at radius 2 is 1.71 bits per heavy atom. The second kappa shape index (κ2) is 6.23. The molecule has 1 aromatic rings. The molecule has 0 radical (unpaired) electrons. The van der Waals surface area contributed by atoms with Crippen molar-refractivity contribution in [2.75, 3.05) is 7.05 Å². The zero-order valence-corrected chi connectivity index (χ0v) is 14.1. The highest BCUT2D eigenvalue weighted by Crippen LogP contribution is 2.32. The lowest BCUT2D eigenvalue weighted by atomic mass is 9.95. The van der Waals surface area contributed by atoms with E-state index in [0.717, 1.165) is 25.7 Å². The van der Waals surface area contributed by atoms with Gasteiger partial charge in [-0.15, -0.1) is 11.6 Å². The molecule has 2 rings (SSSR count). The summed E-state index contributed by atoms with van der Waals surface area (Å²) in [5.41, 5.74) is 0.863. The van der Waals surface area contributed by atoms with Crippen LogP contribution in [0.4, 0.5) is 4.39 Å². The summed E-state index contributed by atoms with van der Waals surface area (Å²) < 4.78 is 40.5. The van der Waals surface area contributed by atoms with Crippen LogP contribution in [0.2, 0.25) is 0 Å². The Hall–Kier alpha value is -0.650. The molecule has 21 heavy (non-hydrogen) atoms. The quantitative estimate of drug-likeness (QED) is 0.792. The van der Waals surface area contributed by atoms with Crippen LogP contribution in [0.25, 0.3) is 0 Å². The zero-order chi connectivity index (χ0) is 15.8. The number of rotatable bonds is 3. The summed E-state index contributed by atoms with van der Waals surface area (Å²) in [6, 6.07) is 2.31. The summed E-state index contributed by atoms with van der Waals surface area (Å²) in [6.07, 6.45) is 3.61. The summed E-state index contributed by atoms with van der Waals surface area (Å²) in [5, 5.41) is -0.167. The fraction of sp³-hybridized carbons (Fsp3) is 0.600. The van der Waals surface area contributed by atoms with Gasteiger partial charge >= 0.3 is 0 Å². The van der Waals surface area contributed by atoms with Gasteiger partial charge in [0.2, 0.25) is 10.0 Å². The Morgan fingerprint density at radius 1 is 1.19 bits per heavy atom. The molecular weight excluding hydrogens is 313 g/mol. The molecule has 1 fully saturated rings. The minimum Gasteiger partial charge on any atom is -0.207 e. The van der Waals surface area contributed by atoms with Gasteiger partial charge in [-0.05, 0) is 49.9 Å². The van der Waals surface area contributed by atoms with E-state index in [1.165, 1.54) is 16.4 Å². The second-order valence-corrected chi connectivity index (χ2v) is 8.25. The van der Waals surface area contributed by atoms with E-state index in [4.69, 9.17) is 11.6 Å². The van der Waals surface area contributed by atoms with E-state index >= 15 is 0 Å². The van der Waals surface area contributed by atoms with E-state index in [1.807, 2.05) is 0 Å². The Morgan fingerprint density at radius 3 is 2.24 bits per heavy atom. The van der Waals surface area contributed by atoms with Crippen LogP contribution in [0.5, 0.6) is 0 Å². The van der Waals surface area contributed by atoms with Gasteiger partial charge in [-0.2, -0.15) is 4.31 Å². The number of nitrogens with zero attached hydrogens (tertiary/aromatic N) is 1. The van der Waals surface area contributed by atoms with Crippen molar-refractivity contribution in [1.29, 1.82) is 0 Å². The van der Waals surface area contributed by atoms with Gasteiger partial charge in [0.1, 0.15) is 5.82 Å². The van der Waals surface area contributed by atoms with E-state index < -0.39 is 15.8 Å². The highest BCUT2D eigenvalue weighted by molar-refractivity contribution is 7.89. The van der Waals surface area contributed by atoms with E-state index in [1.54, 1.807) is 20.9 Å². The third-order valence-corrected chi connectivity index (χ3v) is 6.87. The van der Waals surface area contributed by atoms with E-state index in [9.17, 15) is 12.8 Å². The van der Waals surface area contributed by atoms with E-state index in [2.05, 4.69) is 0 Å². The Bertz CT molecular complexity index is 610. The fourth-order valence-electron chi connectivity index (χ4n) is 3.10. The maximum absolute atomic E-state index is 13.4. The van der Waals surface area contributed by atoms with E-state index in [-0.39, 0.29) is 16.3 Å². The largest absolute Gasteiger partial charge is 0.243 e. The number of aryl methyl sites for hydroxylation is 2. The third kappa shape index (κ3) is 3.25. The summed E-state index contributed by atoms with van der Waals surface area (Å²) in [7, 11) is -2.10. The first-order valence-electron chi connectivity index (χ1n) is 7.14. The Labute approximate surface area is 131 Å². The van der Waals surface area contributed by atoms with Gasteiger partial charge in [-0.25, -0.2) is 12.8 Å². The molecule has 1 aliphatic rings. The molecule has 0 spiro atoms. The normalized spacial score (nSPS) is 23.5. The van der Waals surface area contributed by atoms with Crippen molar-refractivity contribution in [3.63, 3.8) is 0 Å². The van der Waals surface area contributed by atoms with Gasteiger partial charge in [0, 0.05) is 13.1 Å². The number of benzene rings is 1. The number of halogens is 2. The van der Waals surface area contributed by atoms with Crippen LogP contribution in [0.3, 0.4) is 0 Å². The number of sulfonamides is 1. The highest BCUT2D eigenvalue weighted by atomic mass is 35.5. The maximum atomic E-state index is 13.4. The van der Waals surface area contributed by atoms with Gasteiger partial charge < -0.3 is 0 Å². The monoisotopic (exact) mass is 333 g/mol. The first kappa shape index (κ1) is 16.7. The predicted molar refractivity (Wildman–Crippen MR) is 82.7 cm³/mol. The number of alkyl halides is 1. The molecule has 0 bridgehead atoms. The first-order chi connectivity index (χ1) is 9.75. The van der Waals surface area contributed by atoms with Crippen LogP contribution in [0, 0.1) is 19.7 Å². The molecule has 1 aliphatic carbocycles.